The highest BCUT2D eigenvalue weighted by molar-refractivity contribution is 7.89. The van der Waals surface area contributed by atoms with Crippen molar-refractivity contribution in [2.45, 2.75) is 24.5 Å². The fourth-order valence-corrected chi connectivity index (χ4v) is 5.02. The highest BCUT2D eigenvalue weighted by Gasteiger charge is 2.36. The zero-order chi connectivity index (χ0) is 24.3. The van der Waals surface area contributed by atoms with E-state index in [9.17, 15) is 18.0 Å². The van der Waals surface area contributed by atoms with Gasteiger partial charge in [0.25, 0.3) is 5.91 Å². The van der Waals surface area contributed by atoms with Crippen LogP contribution in [0.1, 0.15) is 11.3 Å². The number of fused-ring (bicyclic) bond motifs is 1. The predicted octanol–water partition coefficient (Wildman–Crippen LogP) is 2.32. The topological polar surface area (TPSA) is 109 Å². The van der Waals surface area contributed by atoms with E-state index in [4.69, 9.17) is 9.15 Å². The van der Waals surface area contributed by atoms with Gasteiger partial charge in [0.05, 0.1) is 36.5 Å². The van der Waals surface area contributed by atoms with Gasteiger partial charge >= 0.3 is 0 Å². The number of carbonyl (C=O) groups excluding carboxylic acids is 2. The summed E-state index contributed by atoms with van der Waals surface area (Å²) in [6.45, 7) is 1.24. The molecule has 1 atom stereocenters. The van der Waals surface area contributed by atoms with E-state index in [2.05, 4.69) is 5.32 Å². The minimum Gasteiger partial charge on any atom is -0.477 e. The quantitative estimate of drug-likeness (QED) is 0.553. The van der Waals surface area contributed by atoms with E-state index in [1.54, 1.807) is 48.5 Å². The van der Waals surface area contributed by atoms with Crippen molar-refractivity contribution in [1.82, 2.24) is 9.62 Å². The minimum absolute atomic E-state index is 0.0469. The SMILES string of the molecule is CNC(=O)C1CN(C(=O)CN(Cc2ccco2)S(=O)(=O)c2ccc(C)cc2)c2ccccc2O1. The first-order chi connectivity index (χ1) is 16.3. The van der Waals surface area contributed by atoms with E-state index in [-0.39, 0.29) is 23.9 Å². The van der Waals surface area contributed by atoms with E-state index in [1.807, 2.05) is 6.92 Å². The largest absolute Gasteiger partial charge is 0.477 e. The molecule has 0 spiro atoms. The summed E-state index contributed by atoms with van der Waals surface area (Å²) in [6, 6.07) is 16.6. The second kappa shape index (κ2) is 9.70. The number of benzene rings is 2. The molecule has 0 aliphatic carbocycles. The van der Waals surface area contributed by atoms with Crippen LogP contribution < -0.4 is 15.0 Å². The number of hydrogen-bond acceptors (Lipinski definition) is 6. The lowest BCUT2D eigenvalue weighted by Crippen LogP contribution is -2.52. The molecule has 3 aromatic rings. The van der Waals surface area contributed by atoms with Gasteiger partial charge in [0.15, 0.2) is 6.10 Å². The van der Waals surface area contributed by atoms with Gasteiger partial charge in [-0.15, -0.1) is 0 Å². The molecule has 0 bridgehead atoms. The van der Waals surface area contributed by atoms with Crippen LogP contribution >= 0.6 is 0 Å². The second-order valence-corrected chi connectivity index (χ2v) is 9.80. The lowest BCUT2D eigenvalue weighted by atomic mass is 10.1. The number of furan rings is 1. The van der Waals surface area contributed by atoms with Crippen molar-refractivity contribution in [2.75, 3.05) is 25.0 Å². The molecule has 2 amide bonds. The number of amides is 2. The van der Waals surface area contributed by atoms with Crippen LogP contribution in [0.2, 0.25) is 0 Å². The van der Waals surface area contributed by atoms with Crippen LogP contribution in [0.3, 0.4) is 0 Å². The summed E-state index contributed by atoms with van der Waals surface area (Å²) in [6.07, 6.45) is 0.524. The summed E-state index contributed by atoms with van der Waals surface area (Å²) in [5.74, 6) is -0.109. The number of para-hydroxylation sites is 2. The minimum atomic E-state index is -4.02. The molecular formula is C24H25N3O6S. The molecular weight excluding hydrogens is 458 g/mol. The van der Waals surface area contributed by atoms with Gasteiger partial charge in [0, 0.05) is 7.05 Å². The van der Waals surface area contributed by atoms with Crippen molar-refractivity contribution >= 4 is 27.5 Å². The third-order valence-electron chi connectivity index (χ3n) is 5.50. The maximum atomic E-state index is 13.5. The summed E-state index contributed by atoms with van der Waals surface area (Å²) in [5.41, 5.74) is 1.39. The number of sulfonamides is 1. The van der Waals surface area contributed by atoms with Crippen LogP contribution in [0.15, 0.2) is 76.2 Å². The lowest BCUT2D eigenvalue weighted by Gasteiger charge is -2.35. The van der Waals surface area contributed by atoms with E-state index in [0.717, 1.165) is 9.87 Å². The van der Waals surface area contributed by atoms with E-state index in [1.165, 1.54) is 30.3 Å². The van der Waals surface area contributed by atoms with Crippen molar-refractivity contribution in [3.63, 3.8) is 0 Å². The highest BCUT2D eigenvalue weighted by atomic mass is 32.2. The molecule has 0 saturated heterocycles. The molecule has 0 radical (unpaired) electrons. The predicted molar refractivity (Wildman–Crippen MR) is 125 cm³/mol. The van der Waals surface area contributed by atoms with E-state index < -0.39 is 28.6 Å². The first kappa shape index (κ1) is 23.5. The van der Waals surface area contributed by atoms with E-state index >= 15 is 0 Å². The van der Waals surface area contributed by atoms with Crippen LogP contribution in [-0.2, 0) is 26.2 Å². The first-order valence-corrected chi connectivity index (χ1v) is 12.1. The molecule has 1 aromatic heterocycles. The smallest absolute Gasteiger partial charge is 0.262 e. The molecule has 34 heavy (non-hydrogen) atoms. The number of rotatable bonds is 7. The Morgan fingerprint density at radius 1 is 1.09 bits per heavy atom. The standard InChI is InChI=1S/C24H25N3O6S/c1-17-9-11-19(12-10-17)34(30,31)26(14-18-6-5-13-32-18)16-23(28)27-15-22(24(29)25-2)33-21-8-4-3-7-20(21)27/h3-13,22H,14-16H2,1-2H3,(H,25,29). The first-order valence-electron chi connectivity index (χ1n) is 10.7. The molecule has 10 heteroatoms. The molecule has 1 unspecified atom stereocenters. The van der Waals surface area contributed by atoms with Crippen molar-refractivity contribution in [1.29, 1.82) is 0 Å². The highest BCUT2D eigenvalue weighted by Crippen LogP contribution is 2.33. The molecule has 0 saturated carbocycles. The normalized spacial score (nSPS) is 15.5. The average Bonchev–Trinajstić information content (AvgIpc) is 3.36. The Morgan fingerprint density at radius 2 is 1.82 bits per heavy atom. The van der Waals surface area contributed by atoms with Gasteiger partial charge in [-0.1, -0.05) is 29.8 Å². The molecule has 0 fully saturated rings. The zero-order valence-corrected chi connectivity index (χ0v) is 19.6. The average molecular weight is 484 g/mol. The summed E-state index contributed by atoms with van der Waals surface area (Å²) in [7, 11) is -2.54. The fourth-order valence-electron chi connectivity index (χ4n) is 3.67. The number of carbonyl (C=O) groups is 2. The number of nitrogens with zero attached hydrogens (tertiary/aromatic N) is 2. The monoisotopic (exact) mass is 483 g/mol. The second-order valence-electron chi connectivity index (χ2n) is 7.86. The summed E-state index contributed by atoms with van der Waals surface area (Å²) in [5, 5.41) is 2.53. The summed E-state index contributed by atoms with van der Waals surface area (Å²) < 4.78 is 39.1. The van der Waals surface area contributed by atoms with Crippen LogP contribution in [0.25, 0.3) is 0 Å². The number of nitrogens with one attached hydrogen (secondary N) is 1. The Balaban J connectivity index is 1.66. The molecule has 178 valence electrons. The fraction of sp³-hybridized carbons (Fsp3) is 0.250. The summed E-state index contributed by atoms with van der Waals surface area (Å²) >= 11 is 0. The van der Waals surface area contributed by atoms with Gasteiger partial charge in [-0.05, 0) is 43.3 Å². The lowest BCUT2D eigenvalue weighted by molar-refractivity contribution is -0.128. The molecule has 1 N–H and O–H groups in total. The van der Waals surface area contributed by atoms with Crippen molar-refractivity contribution in [3.05, 3.63) is 78.3 Å². The van der Waals surface area contributed by atoms with Crippen molar-refractivity contribution in [3.8, 4) is 5.75 Å². The number of aryl methyl sites for hydroxylation is 1. The number of likely N-dealkylation sites (N-methyl/N-ethyl adjacent to an activating group) is 1. The van der Waals surface area contributed by atoms with Gasteiger partial charge in [0.2, 0.25) is 15.9 Å². The Labute approximate surface area is 198 Å². The van der Waals surface area contributed by atoms with Crippen LogP contribution in [-0.4, -0.2) is 50.8 Å². The Hall–Kier alpha value is -3.63. The van der Waals surface area contributed by atoms with Gasteiger partial charge < -0.3 is 19.4 Å². The van der Waals surface area contributed by atoms with Gasteiger partial charge in [-0.3, -0.25) is 9.59 Å². The number of anilines is 1. The zero-order valence-electron chi connectivity index (χ0n) is 18.8. The maximum absolute atomic E-state index is 13.5. The molecule has 4 rings (SSSR count). The van der Waals surface area contributed by atoms with Crippen LogP contribution in [0, 0.1) is 6.92 Å². The molecule has 2 heterocycles. The van der Waals surface area contributed by atoms with Crippen molar-refractivity contribution in [2.24, 2.45) is 0 Å². The van der Waals surface area contributed by atoms with Crippen molar-refractivity contribution < 1.29 is 27.2 Å². The molecule has 1 aliphatic heterocycles. The number of ether oxygens (including phenoxy) is 1. The summed E-state index contributed by atoms with van der Waals surface area (Å²) in [4.78, 5) is 27.2. The third kappa shape index (κ3) is 4.82. The Kier molecular flexibility index (Phi) is 6.71. The molecule has 9 nitrogen and oxygen atoms in total. The maximum Gasteiger partial charge on any atom is 0.262 e. The molecule has 2 aromatic carbocycles. The van der Waals surface area contributed by atoms with Crippen LogP contribution in [0.5, 0.6) is 5.75 Å². The van der Waals surface area contributed by atoms with Gasteiger partial charge in [-0.2, -0.15) is 4.31 Å². The Bertz CT molecular complexity index is 1270. The molecule has 1 aliphatic rings. The van der Waals surface area contributed by atoms with Crippen LogP contribution in [0.4, 0.5) is 5.69 Å². The van der Waals surface area contributed by atoms with E-state index in [0.29, 0.717) is 17.2 Å². The third-order valence-corrected chi connectivity index (χ3v) is 7.30. The van der Waals surface area contributed by atoms with Gasteiger partial charge in [0.1, 0.15) is 11.5 Å². The number of hydrogen-bond donors (Lipinski definition) is 1. The van der Waals surface area contributed by atoms with Gasteiger partial charge in [-0.25, -0.2) is 8.42 Å². The Morgan fingerprint density at radius 3 is 2.50 bits per heavy atom.